The number of rotatable bonds is 4. The average Bonchev–Trinajstić information content (AvgIpc) is 2.49. The van der Waals surface area contributed by atoms with Crippen LogP contribution in [0.5, 0.6) is 0 Å². The topological polar surface area (TPSA) is 49.4 Å². The third kappa shape index (κ3) is 3.70. The largest absolute Gasteiger partial charge is 0.358 e. The molecule has 114 valence electrons. The lowest BCUT2D eigenvalue weighted by Gasteiger charge is -2.33. The summed E-state index contributed by atoms with van der Waals surface area (Å²) in [7, 11) is 1.65. The Balaban J connectivity index is 2.09. The second-order valence-corrected chi connectivity index (χ2v) is 5.82. The van der Waals surface area contributed by atoms with Gasteiger partial charge in [-0.2, -0.15) is 0 Å². The normalized spacial score (nSPS) is 19.3. The molecule has 0 spiro atoms. The molecule has 4 heteroatoms. The Morgan fingerprint density at radius 1 is 1.24 bits per heavy atom. The minimum atomic E-state index is -0.167. The zero-order valence-electron chi connectivity index (χ0n) is 13.1. The Hall–Kier alpha value is -1.68. The van der Waals surface area contributed by atoms with E-state index in [1.54, 1.807) is 7.05 Å². The number of likely N-dealkylation sites (N-methyl/N-ethyl adjacent to an activating group) is 1. The zero-order chi connectivity index (χ0) is 15.4. The quantitative estimate of drug-likeness (QED) is 0.863. The van der Waals surface area contributed by atoms with Gasteiger partial charge in [0.05, 0.1) is 12.6 Å². The van der Waals surface area contributed by atoms with Crippen molar-refractivity contribution in [3.63, 3.8) is 0 Å². The van der Waals surface area contributed by atoms with Gasteiger partial charge in [0.2, 0.25) is 5.91 Å². The molecule has 1 aromatic rings. The van der Waals surface area contributed by atoms with E-state index >= 15 is 0 Å². The lowest BCUT2D eigenvalue weighted by molar-refractivity contribution is -0.126. The fraction of sp³-hybridized carbons (Fsp3) is 0.529. The van der Waals surface area contributed by atoms with Gasteiger partial charge in [0.1, 0.15) is 0 Å². The highest BCUT2D eigenvalue weighted by atomic mass is 16.2. The van der Waals surface area contributed by atoms with Crippen LogP contribution in [-0.2, 0) is 4.79 Å². The minimum Gasteiger partial charge on any atom is -0.358 e. The highest BCUT2D eigenvalue weighted by Gasteiger charge is 2.29. The number of nitrogens with zero attached hydrogens (tertiary/aromatic N) is 1. The van der Waals surface area contributed by atoms with Gasteiger partial charge in [0.25, 0.3) is 0 Å². The first-order chi connectivity index (χ1) is 10.0. The van der Waals surface area contributed by atoms with Gasteiger partial charge >= 0.3 is 0 Å². The van der Waals surface area contributed by atoms with Crippen LogP contribution in [0.2, 0.25) is 0 Å². The number of likely N-dealkylation sites (tertiary alicyclic amines) is 1. The number of Topliss-reactive ketones (excluding diaryl/α,β-unsaturated/α-hetero) is 1. The number of carbonyl (C=O) groups excluding carboxylic acids is 2. The molecule has 0 bridgehead atoms. The van der Waals surface area contributed by atoms with Crippen LogP contribution in [0.3, 0.4) is 0 Å². The van der Waals surface area contributed by atoms with Gasteiger partial charge in [0, 0.05) is 12.6 Å². The molecular formula is C17H24N2O2. The summed E-state index contributed by atoms with van der Waals surface area (Å²) in [5, 5.41) is 2.70. The molecule has 1 aromatic carbocycles. The van der Waals surface area contributed by atoms with E-state index in [4.69, 9.17) is 0 Å². The summed E-state index contributed by atoms with van der Waals surface area (Å²) in [6, 6.07) is 5.63. The first-order valence-electron chi connectivity index (χ1n) is 7.59. The molecule has 1 N–H and O–H groups in total. The molecule has 1 amide bonds. The fourth-order valence-corrected chi connectivity index (χ4v) is 2.83. The predicted molar refractivity (Wildman–Crippen MR) is 83.5 cm³/mol. The molecule has 1 aliphatic rings. The highest BCUT2D eigenvalue weighted by Crippen LogP contribution is 2.18. The SMILES string of the molecule is CNC(=O)C1CCCCN1CC(=O)c1ccc(C)c(C)c1. The molecule has 0 saturated carbocycles. The summed E-state index contributed by atoms with van der Waals surface area (Å²) >= 11 is 0. The van der Waals surface area contributed by atoms with Gasteiger partial charge in [-0.3, -0.25) is 14.5 Å². The number of hydrogen-bond donors (Lipinski definition) is 1. The van der Waals surface area contributed by atoms with Crippen molar-refractivity contribution in [2.75, 3.05) is 20.1 Å². The van der Waals surface area contributed by atoms with Crippen LogP contribution in [0.25, 0.3) is 0 Å². The van der Waals surface area contributed by atoms with Crippen molar-refractivity contribution >= 4 is 11.7 Å². The molecule has 0 aliphatic carbocycles. The summed E-state index contributed by atoms with van der Waals surface area (Å²) in [5.41, 5.74) is 3.05. The van der Waals surface area contributed by atoms with Crippen LogP contribution in [0.1, 0.15) is 40.7 Å². The Kier molecular flexibility index (Phi) is 5.12. The second-order valence-electron chi connectivity index (χ2n) is 5.82. The van der Waals surface area contributed by atoms with Crippen LogP contribution in [0, 0.1) is 13.8 Å². The molecule has 1 fully saturated rings. The van der Waals surface area contributed by atoms with Gasteiger partial charge < -0.3 is 5.32 Å². The molecule has 1 saturated heterocycles. The van der Waals surface area contributed by atoms with Gasteiger partial charge in [-0.25, -0.2) is 0 Å². The van der Waals surface area contributed by atoms with E-state index in [2.05, 4.69) is 5.32 Å². The predicted octanol–water partition coefficient (Wildman–Crippen LogP) is 2.09. The number of hydrogen-bond acceptors (Lipinski definition) is 3. The summed E-state index contributed by atoms with van der Waals surface area (Å²) < 4.78 is 0. The van der Waals surface area contributed by atoms with Crippen LogP contribution < -0.4 is 5.32 Å². The lowest BCUT2D eigenvalue weighted by Crippen LogP contribution is -2.50. The molecule has 1 aliphatic heterocycles. The number of benzene rings is 1. The van der Waals surface area contributed by atoms with Gasteiger partial charge in [-0.05, 0) is 50.4 Å². The molecular weight excluding hydrogens is 264 g/mol. The van der Waals surface area contributed by atoms with Crippen LogP contribution >= 0.6 is 0 Å². The van der Waals surface area contributed by atoms with E-state index in [-0.39, 0.29) is 17.7 Å². The maximum Gasteiger partial charge on any atom is 0.237 e. The van der Waals surface area contributed by atoms with Gasteiger partial charge in [-0.1, -0.05) is 18.6 Å². The van der Waals surface area contributed by atoms with Crippen molar-refractivity contribution in [1.29, 1.82) is 0 Å². The minimum absolute atomic E-state index is 0.0163. The van der Waals surface area contributed by atoms with Crippen LogP contribution in [-0.4, -0.2) is 42.8 Å². The van der Waals surface area contributed by atoms with E-state index in [1.165, 1.54) is 5.56 Å². The first-order valence-corrected chi connectivity index (χ1v) is 7.59. The molecule has 2 rings (SSSR count). The molecule has 0 aromatic heterocycles. The maximum atomic E-state index is 12.5. The van der Waals surface area contributed by atoms with E-state index in [9.17, 15) is 9.59 Å². The lowest BCUT2D eigenvalue weighted by atomic mass is 9.99. The number of carbonyl (C=O) groups is 2. The first kappa shape index (κ1) is 15.7. The van der Waals surface area contributed by atoms with E-state index < -0.39 is 0 Å². The second kappa shape index (κ2) is 6.85. The average molecular weight is 288 g/mol. The van der Waals surface area contributed by atoms with Crippen molar-refractivity contribution < 1.29 is 9.59 Å². The zero-order valence-corrected chi connectivity index (χ0v) is 13.1. The van der Waals surface area contributed by atoms with Crippen molar-refractivity contribution in [2.24, 2.45) is 0 Å². The molecule has 4 nitrogen and oxygen atoms in total. The van der Waals surface area contributed by atoms with Crippen LogP contribution in [0.4, 0.5) is 0 Å². The summed E-state index contributed by atoms with van der Waals surface area (Å²) in [6.07, 6.45) is 2.93. The molecule has 1 atom stereocenters. The van der Waals surface area contributed by atoms with Crippen molar-refractivity contribution in [2.45, 2.75) is 39.2 Å². The Morgan fingerprint density at radius 3 is 2.67 bits per heavy atom. The fourth-order valence-electron chi connectivity index (χ4n) is 2.83. The van der Waals surface area contributed by atoms with Crippen molar-refractivity contribution in [3.8, 4) is 0 Å². The highest BCUT2D eigenvalue weighted by molar-refractivity contribution is 5.98. The summed E-state index contributed by atoms with van der Waals surface area (Å²) in [6.45, 7) is 5.19. The monoisotopic (exact) mass is 288 g/mol. The molecule has 1 heterocycles. The van der Waals surface area contributed by atoms with Crippen molar-refractivity contribution in [1.82, 2.24) is 10.2 Å². The van der Waals surface area contributed by atoms with Gasteiger partial charge in [0.15, 0.2) is 5.78 Å². The van der Waals surface area contributed by atoms with Crippen molar-refractivity contribution in [3.05, 3.63) is 34.9 Å². The molecule has 1 unspecified atom stereocenters. The van der Waals surface area contributed by atoms with Gasteiger partial charge in [-0.15, -0.1) is 0 Å². The summed E-state index contributed by atoms with van der Waals surface area (Å²) in [5.74, 6) is 0.108. The molecule has 21 heavy (non-hydrogen) atoms. The summed E-state index contributed by atoms with van der Waals surface area (Å²) in [4.78, 5) is 26.4. The number of piperidine rings is 1. The Bertz CT molecular complexity index is 540. The maximum absolute atomic E-state index is 12.5. The third-order valence-electron chi connectivity index (χ3n) is 4.34. The van der Waals surface area contributed by atoms with E-state index in [0.717, 1.165) is 36.9 Å². The molecule has 0 radical (unpaired) electrons. The Labute approximate surface area is 126 Å². The number of ketones is 1. The van der Waals surface area contributed by atoms with E-state index in [0.29, 0.717) is 6.54 Å². The number of aryl methyl sites for hydroxylation is 2. The van der Waals surface area contributed by atoms with E-state index in [1.807, 2.05) is 36.9 Å². The number of amides is 1. The number of nitrogens with one attached hydrogen (secondary N) is 1. The smallest absolute Gasteiger partial charge is 0.237 e. The third-order valence-corrected chi connectivity index (χ3v) is 4.34. The Morgan fingerprint density at radius 2 is 2.00 bits per heavy atom. The standard InChI is InChI=1S/C17H24N2O2/c1-12-7-8-14(10-13(12)2)16(20)11-19-9-5-4-6-15(19)17(21)18-3/h7-8,10,15H,4-6,9,11H2,1-3H3,(H,18,21). The van der Waals surface area contributed by atoms with Crippen LogP contribution in [0.15, 0.2) is 18.2 Å².